The summed E-state index contributed by atoms with van der Waals surface area (Å²) in [5.41, 5.74) is 0.466. The molecule has 0 aliphatic heterocycles. The number of benzene rings is 1. The molecule has 1 rings (SSSR count). The molecule has 0 saturated carbocycles. The summed E-state index contributed by atoms with van der Waals surface area (Å²) in [5.74, 6) is -1.72. The van der Waals surface area contributed by atoms with E-state index in [9.17, 15) is 9.59 Å². The zero-order valence-corrected chi connectivity index (χ0v) is 10.3. The van der Waals surface area contributed by atoms with Crippen LogP contribution in [-0.2, 0) is 9.53 Å². The molecule has 4 nitrogen and oxygen atoms in total. The minimum atomic E-state index is -0.882. The van der Waals surface area contributed by atoms with Gasteiger partial charge in [0.05, 0.1) is 12.7 Å². The predicted molar refractivity (Wildman–Crippen MR) is 65.7 cm³/mol. The second-order valence-corrected chi connectivity index (χ2v) is 3.73. The maximum Gasteiger partial charge on any atom is 0.316 e. The fourth-order valence-corrected chi connectivity index (χ4v) is 1.61. The van der Waals surface area contributed by atoms with Crippen molar-refractivity contribution in [3.05, 3.63) is 35.9 Å². The van der Waals surface area contributed by atoms with Crippen molar-refractivity contribution in [1.82, 2.24) is 0 Å². The van der Waals surface area contributed by atoms with Gasteiger partial charge in [-0.3, -0.25) is 9.59 Å². The van der Waals surface area contributed by atoms with Crippen LogP contribution in [-0.4, -0.2) is 18.4 Å². The van der Waals surface area contributed by atoms with Crippen LogP contribution in [0.15, 0.2) is 30.3 Å². The summed E-state index contributed by atoms with van der Waals surface area (Å²) in [7, 11) is 0. The van der Waals surface area contributed by atoms with Crippen molar-refractivity contribution in [3.63, 3.8) is 0 Å². The van der Waals surface area contributed by atoms with Crippen LogP contribution in [0.3, 0.4) is 0 Å². The summed E-state index contributed by atoms with van der Waals surface area (Å²) >= 11 is 0. The first kappa shape index (κ1) is 13.9. The van der Waals surface area contributed by atoms with E-state index in [1.54, 1.807) is 37.3 Å². The smallest absolute Gasteiger partial charge is 0.316 e. The molecule has 0 saturated heterocycles. The molecular weight excluding hydrogens is 230 g/mol. The van der Waals surface area contributed by atoms with Crippen molar-refractivity contribution in [2.75, 3.05) is 6.61 Å². The number of hydrogen-bond acceptors (Lipinski definition) is 4. The van der Waals surface area contributed by atoms with Gasteiger partial charge in [0.15, 0.2) is 5.78 Å². The number of ether oxygens (including phenoxy) is 1. The number of Topliss-reactive ketones (excluding diaryl/α,β-unsaturated/α-hetero) is 1. The first-order valence-electron chi connectivity index (χ1n) is 5.83. The molecule has 94 valence electrons. The van der Waals surface area contributed by atoms with Crippen LogP contribution in [0.5, 0.6) is 0 Å². The molecule has 1 atom stereocenters. The van der Waals surface area contributed by atoms with Crippen molar-refractivity contribution in [2.45, 2.75) is 19.8 Å². The first-order chi connectivity index (χ1) is 8.70. The number of nitrogens with zero attached hydrogens (tertiary/aromatic N) is 1. The van der Waals surface area contributed by atoms with Crippen molar-refractivity contribution >= 4 is 11.8 Å². The van der Waals surface area contributed by atoms with Crippen molar-refractivity contribution < 1.29 is 14.3 Å². The maximum atomic E-state index is 12.2. The molecule has 0 N–H and O–H groups in total. The van der Waals surface area contributed by atoms with E-state index in [1.165, 1.54) is 0 Å². The molecule has 18 heavy (non-hydrogen) atoms. The van der Waals surface area contributed by atoms with Gasteiger partial charge in [-0.2, -0.15) is 5.26 Å². The highest BCUT2D eigenvalue weighted by molar-refractivity contribution is 6.08. The van der Waals surface area contributed by atoms with Crippen LogP contribution in [0.4, 0.5) is 0 Å². The summed E-state index contributed by atoms with van der Waals surface area (Å²) in [6, 6.07) is 10.5. The Hall–Kier alpha value is -2.15. The van der Waals surface area contributed by atoms with Gasteiger partial charge in [-0.05, 0) is 13.3 Å². The molecule has 0 aromatic heterocycles. The van der Waals surface area contributed by atoms with E-state index < -0.39 is 11.9 Å². The highest BCUT2D eigenvalue weighted by atomic mass is 16.5. The van der Waals surface area contributed by atoms with Gasteiger partial charge >= 0.3 is 5.97 Å². The van der Waals surface area contributed by atoms with E-state index in [1.807, 2.05) is 6.07 Å². The number of nitriles is 1. The first-order valence-corrected chi connectivity index (χ1v) is 5.83. The average Bonchev–Trinajstić information content (AvgIpc) is 2.40. The molecule has 0 spiro atoms. The Morgan fingerprint density at radius 1 is 1.33 bits per heavy atom. The average molecular weight is 245 g/mol. The number of esters is 1. The maximum absolute atomic E-state index is 12.2. The second-order valence-electron chi connectivity index (χ2n) is 3.73. The minimum absolute atomic E-state index is 0.155. The van der Waals surface area contributed by atoms with Crippen LogP contribution in [0, 0.1) is 17.2 Å². The molecule has 0 aliphatic rings. The minimum Gasteiger partial charge on any atom is -0.465 e. The quantitative estimate of drug-likeness (QED) is 0.438. The Morgan fingerprint density at radius 2 is 2.00 bits per heavy atom. The fourth-order valence-electron chi connectivity index (χ4n) is 1.61. The third-order valence-electron chi connectivity index (χ3n) is 2.49. The van der Waals surface area contributed by atoms with Gasteiger partial charge in [0.2, 0.25) is 0 Å². The Labute approximate surface area is 106 Å². The van der Waals surface area contributed by atoms with E-state index in [2.05, 4.69) is 0 Å². The van der Waals surface area contributed by atoms with Crippen LogP contribution >= 0.6 is 0 Å². The lowest BCUT2D eigenvalue weighted by atomic mass is 9.93. The molecule has 0 bridgehead atoms. The van der Waals surface area contributed by atoms with Crippen LogP contribution in [0.25, 0.3) is 0 Å². The van der Waals surface area contributed by atoms with Gasteiger partial charge in [-0.25, -0.2) is 0 Å². The summed E-state index contributed by atoms with van der Waals surface area (Å²) < 4.78 is 4.87. The topological polar surface area (TPSA) is 67.2 Å². The van der Waals surface area contributed by atoms with Crippen LogP contribution in [0.1, 0.15) is 30.1 Å². The van der Waals surface area contributed by atoms with E-state index in [4.69, 9.17) is 10.00 Å². The predicted octanol–water partition coefficient (Wildman–Crippen LogP) is 2.35. The molecule has 1 aromatic carbocycles. The number of carbonyl (C=O) groups excluding carboxylic acids is 2. The summed E-state index contributed by atoms with van der Waals surface area (Å²) in [6.45, 7) is 1.91. The monoisotopic (exact) mass is 245 g/mol. The normalized spacial score (nSPS) is 11.3. The van der Waals surface area contributed by atoms with E-state index >= 15 is 0 Å². The highest BCUT2D eigenvalue weighted by Gasteiger charge is 2.28. The Kier molecular flexibility index (Phi) is 5.59. The summed E-state index contributed by atoms with van der Waals surface area (Å²) in [5, 5.41) is 8.57. The summed E-state index contributed by atoms with van der Waals surface area (Å²) in [6.07, 6.45) is 0.352. The summed E-state index contributed by atoms with van der Waals surface area (Å²) in [4.78, 5) is 23.9. The SMILES string of the molecule is CCOC(=O)[C@@H](CCC#N)C(=O)c1ccccc1. The van der Waals surface area contributed by atoms with Gasteiger partial charge in [-0.15, -0.1) is 0 Å². The number of hydrogen-bond donors (Lipinski definition) is 0. The molecule has 0 aliphatic carbocycles. The third-order valence-corrected chi connectivity index (χ3v) is 2.49. The van der Waals surface area contributed by atoms with Gasteiger partial charge in [0.25, 0.3) is 0 Å². The van der Waals surface area contributed by atoms with Crippen molar-refractivity contribution in [2.24, 2.45) is 5.92 Å². The number of carbonyl (C=O) groups is 2. The molecule has 0 radical (unpaired) electrons. The molecule has 0 fully saturated rings. The number of ketones is 1. The van der Waals surface area contributed by atoms with E-state index in [0.29, 0.717) is 5.56 Å². The lowest BCUT2D eigenvalue weighted by molar-refractivity contribution is -0.146. The molecule has 0 heterocycles. The van der Waals surface area contributed by atoms with Crippen LogP contribution in [0.2, 0.25) is 0 Å². The Morgan fingerprint density at radius 3 is 2.56 bits per heavy atom. The highest BCUT2D eigenvalue weighted by Crippen LogP contribution is 2.16. The molecule has 0 amide bonds. The van der Waals surface area contributed by atoms with Gasteiger partial charge < -0.3 is 4.74 Å². The fraction of sp³-hybridized carbons (Fsp3) is 0.357. The zero-order valence-electron chi connectivity index (χ0n) is 10.3. The lowest BCUT2D eigenvalue weighted by Gasteiger charge is -2.13. The number of rotatable bonds is 6. The van der Waals surface area contributed by atoms with Crippen LogP contribution < -0.4 is 0 Å². The van der Waals surface area contributed by atoms with Crippen molar-refractivity contribution in [1.29, 1.82) is 5.26 Å². The lowest BCUT2D eigenvalue weighted by Crippen LogP contribution is -2.26. The van der Waals surface area contributed by atoms with E-state index in [-0.39, 0.29) is 25.2 Å². The molecule has 0 unspecified atom stereocenters. The Balaban J connectivity index is 2.86. The largest absolute Gasteiger partial charge is 0.465 e. The van der Waals surface area contributed by atoms with Gasteiger partial charge in [-0.1, -0.05) is 30.3 Å². The molecule has 4 heteroatoms. The zero-order chi connectivity index (χ0) is 13.4. The molecule has 1 aromatic rings. The third kappa shape index (κ3) is 3.70. The molecular formula is C14H15NO3. The second kappa shape index (κ2) is 7.23. The standard InChI is InChI=1S/C14H15NO3/c1-2-18-14(17)12(9-6-10-15)13(16)11-7-4-3-5-8-11/h3-5,7-8,12H,2,6,9H2,1H3/t12-/m0/s1. The van der Waals surface area contributed by atoms with Gasteiger partial charge in [0.1, 0.15) is 5.92 Å². The van der Waals surface area contributed by atoms with E-state index in [0.717, 1.165) is 0 Å². The van der Waals surface area contributed by atoms with Gasteiger partial charge in [0, 0.05) is 12.0 Å². The van der Waals surface area contributed by atoms with Crippen molar-refractivity contribution in [3.8, 4) is 6.07 Å². The Bertz CT molecular complexity index is 448.